The second-order valence-corrected chi connectivity index (χ2v) is 2.06. The summed E-state index contributed by atoms with van der Waals surface area (Å²) < 4.78 is 0. The summed E-state index contributed by atoms with van der Waals surface area (Å²) in [4.78, 5) is 0. The normalized spacial score (nSPS) is 25.3. The van der Waals surface area contributed by atoms with Crippen LogP contribution >= 0.6 is 0 Å². The highest BCUT2D eigenvalue weighted by molar-refractivity contribution is 4.79. The van der Waals surface area contributed by atoms with Crippen LogP contribution < -0.4 is 0 Å². The van der Waals surface area contributed by atoms with Crippen LogP contribution in [0.15, 0.2) is 0 Å². The topological polar surface area (TPSA) is 19.9 Å². The number of rotatable bonds is 0. The lowest BCUT2D eigenvalue weighted by molar-refractivity contribution is 0.0928. The zero-order chi connectivity index (χ0) is 5.11. The van der Waals surface area contributed by atoms with Crippen LogP contribution in [0, 0.1) is 6.42 Å². The van der Waals surface area contributed by atoms with Crippen LogP contribution in [0.3, 0.4) is 0 Å². The van der Waals surface area contributed by atoms with Crippen LogP contribution in [-0.2, 0) is 5.11 Å². The first-order valence-corrected chi connectivity index (χ1v) is 2.89. The van der Waals surface area contributed by atoms with Crippen molar-refractivity contribution in [2.75, 3.05) is 0 Å². The average Bonchev–Trinajstić information content (AvgIpc) is 1.69. The fourth-order valence-electron chi connectivity index (χ4n) is 0.911. The van der Waals surface area contributed by atoms with Gasteiger partial charge in [0.2, 0.25) is 0 Å². The molecule has 0 aromatic heterocycles. The SMILES string of the molecule is [O]C1[CH]CCCC1. The van der Waals surface area contributed by atoms with Crippen molar-refractivity contribution in [2.24, 2.45) is 0 Å². The maximum atomic E-state index is 10.5. The quantitative estimate of drug-likeness (QED) is 0.438. The Kier molecular flexibility index (Phi) is 1.69. The van der Waals surface area contributed by atoms with Crippen molar-refractivity contribution >= 4 is 0 Å². The zero-order valence-electron chi connectivity index (χ0n) is 4.39. The lowest BCUT2D eigenvalue weighted by Crippen LogP contribution is -2.09. The summed E-state index contributed by atoms with van der Waals surface area (Å²) in [6.45, 7) is 0. The molecule has 0 saturated heterocycles. The van der Waals surface area contributed by atoms with Gasteiger partial charge in [-0.05, 0) is 19.3 Å². The van der Waals surface area contributed by atoms with E-state index in [1.54, 1.807) is 0 Å². The molecule has 1 rings (SSSR count). The molecule has 0 spiro atoms. The van der Waals surface area contributed by atoms with E-state index in [1.807, 2.05) is 6.42 Å². The second-order valence-electron chi connectivity index (χ2n) is 2.06. The van der Waals surface area contributed by atoms with E-state index >= 15 is 0 Å². The molecule has 0 N–H and O–H groups in total. The van der Waals surface area contributed by atoms with Gasteiger partial charge in [-0.25, -0.2) is 5.11 Å². The Balaban J connectivity index is 2.12. The van der Waals surface area contributed by atoms with Gasteiger partial charge in [-0.3, -0.25) is 0 Å². The van der Waals surface area contributed by atoms with E-state index in [9.17, 15) is 5.11 Å². The molecule has 0 heterocycles. The van der Waals surface area contributed by atoms with Gasteiger partial charge >= 0.3 is 0 Å². The van der Waals surface area contributed by atoms with E-state index in [0.717, 1.165) is 19.3 Å². The molecule has 1 saturated carbocycles. The van der Waals surface area contributed by atoms with Crippen molar-refractivity contribution < 1.29 is 5.11 Å². The van der Waals surface area contributed by atoms with Gasteiger partial charge in [-0.2, -0.15) is 0 Å². The molecule has 0 aromatic carbocycles. The average molecular weight is 98.1 g/mol. The molecule has 0 aliphatic heterocycles. The van der Waals surface area contributed by atoms with Gasteiger partial charge in [0.1, 0.15) is 0 Å². The summed E-state index contributed by atoms with van der Waals surface area (Å²) in [6.07, 6.45) is 5.84. The van der Waals surface area contributed by atoms with E-state index in [-0.39, 0.29) is 6.10 Å². The maximum Gasteiger partial charge on any atom is 0.0961 e. The third kappa shape index (κ3) is 1.48. The molecule has 1 aliphatic rings. The molecule has 0 bridgehead atoms. The second kappa shape index (κ2) is 2.31. The molecular weight excluding hydrogens is 88.1 g/mol. The molecular formula is C6H10O. The van der Waals surface area contributed by atoms with Crippen molar-refractivity contribution in [1.29, 1.82) is 0 Å². The van der Waals surface area contributed by atoms with Crippen molar-refractivity contribution in [3.63, 3.8) is 0 Å². The Labute approximate surface area is 44.4 Å². The van der Waals surface area contributed by atoms with E-state index in [2.05, 4.69) is 0 Å². The third-order valence-corrected chi connectivity index (χ3v) is 1.37. The monoisotopic (exact) mass is 98.1 g/mol. The van der Waals surface area contributed by atoms with Gasteiger partial charge in [0, 0.05) is 0 Å². The summed E-state index contributed by atoms with van der Waals surface area (Å²) in [5.74, 6) is 0. The summed E-state index contributed by atoms with van der Waals surface area (Å²) in [5, 5.41) is 10.5. The van der Waals surface area contributed by atoms with Crippen LogP contribution in [0.2, 0.25) is 0 Å². The van der Waals surface area contributed by atoms with Gasteiger partial charge in [0.15, 0.2) is 0 Å². The number of hydrogen-bond donors (Lipinski definition) is 0. The fraction of sp³-hybridized carbons (Fsp3) is 0.833. The molecule has 0 aromatic rings. The Hall–Kier alpha value is -0.0400. The molecule has 7 heavy (non-hydrogen) atoms. The van der Waals surface area contributed by atoms with E-state index < -0.39 is 0 Å². The van der Waals surface area contributed by atoms with Crippen molar-refractivity contribution in [3.05, 3.63) is 6.42 Å². The zero-order valence-corrected chi connectivity index (χ0v) is 4.39. The summed E-state index contributed by atoms with van der Waals surface area (Å²) >= 11 is 0. The van der Waals surface area contributed by atoms with E-state index in [1.165, 1.54) is 6.42 Å². The molecule has 1 unspecified atom stereocenters. The van der Waals surface area contributed by atoms with Gasteiger partial charge in [0.25, 0.3) is 0 Å². The minimum atomic E-state index is -0.339. The van der Waals surface area contributed by atoms with Gasteiger partial charge < -0.3 is 0 Å². The van der Waals surface area contributed by atoms with Crippen molar-refractivity contribution in [1.82, 2.24) is 0 Å². The third-order valence-electron chi connectivity index (χ3n) is 1.37. The molecule has 1 aliphatic carbocycles. The molecule has 1 atom stereocenters. The Morgan fingerprint density at radius 2 is 2.29 bits per heavy atom. The van der Waals surface area contributed by atoms with Crippen LogP contribution in [-0.4, -0.2) is 6.10 Å². The lowest BCUT2D eigenvalue weighted by Gasteiger charge is -2.11. The summed E-state index contributed by atoms with van der Waals surface area (Å²) in [7, 11) is 0. The molecule has 2 radical (unpaired) electrons. The van der Waals surface area contributed by atoms with E-state index in [4.69, 9.17) is 0 Å². The van der Waals surface area contributed by atoms with Crippen LogP contribution in [0.4, 0.5) is 0 Å². The van der Waals surface area contributed by atoms with Gasteiger partial charge in [-0.1, -0.05) is 12.8 Å². The fourth-order valence-corrected chi connectivity index (χ4v) is 0.911. The van der Waals surface area contributed by atoms with Crippen LogP contribution in [0.1, 0.15) is 25.7 Å². The molecule has 0 amide bonds. The summed E-state index contributed by atoms with van der Waals surface area (Å²) in [6, 6.07) is 0. The largest absolute Gasteiger partial charge is 0.233 e. The molecule has 1 nitrogen and oxygen atoms in total. The van der Waals surface area contributed by atoms with Crippen molar-refractivity contribution in [2.45, 2.75) is 31.8 Å². The first kappa shape index (κ1) is 5.10. The van der Waals surface area contributed by atoms with Crippen LogP contribution in [0.5, 0.6) is 0 Å². The Morgan fingerprint density at radius 1 is 1.43 bits per heavy atom. The molecule has 40 valence electrons. The minimum Gasteiger partial charge on any atom is -0.233 e. The van der Waals surface area contributed by atoms with Crippen LogP contribution in [0.25, 0.3) is 0 Å². The first-order valence-electron chi connectivity index (χ1n) is 2.89. The summed E-state index contributed by atoms with van der Waals surface area (Å²) in [5.41, 5.74) is 0. The highest BCUT2D eigenvalue weighted by Crippen LogP contribution is 2.15. The van der Waals surface area contributed by atoms with Gasteiger partial charge in [-0.15, -0.1) is 0 Å². The highest BCUT2D eigenvalue weighted by Gasteiger charge is 2.09. The van der Waals surface area contributed by atoms with Gasteiger partial charge in [0.05, 0.1) is 6.10 Å². The highest BCUT2D eigenvalue weighted by atomic mass is 16.3. The lowest BCUT2D eigenvalue weighted by atomic mass is 9.98. The Morgan fingerprint density at radius 3 is 2.57 bits per heavy atom. The molecule has 1 heteroatoms. The number of hydrogen-bond acceptors (Lipinski definition) is 0. The first-order chi connectivity index (χ1) is 3.39. The smallest absolute Gasteiger partial charge is 0.0961 e. The maximum absolute atomic E-state index is 10.5. The predicted molar refractivity (Wildman–Crippen MR) is 27.2 cm³/mol. The molecule has 1 fully saturated rings. The predicted octanol–water partition coefficient (Wildman–Crippen LogP) is 1.56. The van der Waals surface area contributed by atoms with Crippen molar-refractivity contribution in [3.8, 4) is 0 Å². The minimum absolute atomic E-state index is 0.339. The van der Waals surface area contributed by atoms with E-state index in [0.29, 0.717) is 0 Å². The Bertz CT molecular complexity index is 46.1. The standard InChI is InChI=1S/C6H10O/c7-6-4-2-1-3-5-6/h4,6H,1-3,5H2.